The van der Waals surface area contributed by atoms with Crippen molar-refractivity contribution in [2.24, 2.45) is 0 Å². The lowest BCUT2D eigenvalue weighted by Gasteiger charge is -1.97. The Labute approximate surface area is 73.0 Å². The van der Waals surface area contributed by atoms with Crippen molar-refractivity contribution in [3.05, 3.63) is 30.3 Å². The van der Waals surface area contributed by atoms with Crippen molar-refractivity contribution < 1.29 is 4.39 Å². The van der Waals surface area contributed by atoms with Crippen LogP contribution in [0, 0.1) is 5.82 Å². The molecule has 2 rings (SSSR count). The summed E-state index contributed by atoms with van der Waals surface area (Å²) in [6.07, 6.45) is 2.78. The summed E-state index contributed by atoms with van der Waals surface area (Å²) in [5.41, 5.74) is 5.32. The Bertz CT molecular complexity index is 424. The van der Waals surface area contributed by atoms with Gasteiger partial charge in [0.15, 0.2) is 11.6 Å². The minimum absolute atomic E-state index is 0.0409. The van der Waals surface area contributed by atoms with E-state index in [1.165, 1.54) is 24.5 Å². The Morgan fingerprint density at radius 3 is 2.92 bits per heavy atom. The van der Waals surface area contributed by atoms with E-state index in [-0.39, 0.29) is 11.6 Å². The number of aromatic nitrogens is 4. The summed E-state index contributed by atoms with van der Waals surface area (Å²) in [7, 11) is 0. The molecular formula is C7H6FN5. The van der Waals surface area contributed by atoms with Crippen molar-refractivity contribution in [2.45, 2.75) is 0 Å². The highest BCUT2D eigenvalue weighted by Crippen LogP contribution is 2.06. The number of nitrogens with two attached hydrogens (primary N) is 1. The van der Waals surface area contributed by atoms with Crippen LogP contribution < -0.4 is 5.73 Å². The zero-order chi connectivity index (χ0) is 9.26. The molecular weight excluding hydrogens is 173 g/mol. The molecule has 0 aliphatic heterocycles. The Morgan fingerprint density at radius 2 is 2.31 bits per heavy atom. The fraction of sp³-hybridized carbons (Fsp3) is 0. The van der Waals surface area contributed by atoms with E-state index in [1.807, 2.05) is 0 Å². The summed E-state index contributed by atoms with van der Waals surface area (Å²) in [6, 6.07) is 2.77. The fourth-order valence-electron chi connectivity index (χ4n) is 0.901. The van der Waals surface area contributed by atoms with Gasteiger partial charge in [0.1, 0.15) is 0 Å². The number of nitrogens with zero attached hydrogens (tertiary/aromatic N) is 4. The first-order valence-corrected chi connectivity index (χ1v) is 3.56. The molecule has 0 aliphatic rings. The average Bonchev–Trinajstić information content (AvgIpc) is 2.53. The van der Waals surface area contributed by atoms with Gasteiger partial charge in [0.05, 0.1) is 6.20 Å². The lowest BCUT2D eigenvalue weighted by atomic mass is 10.4. The van der Waals surface area contributed by atoms with E-state index in [4.69, 9.17) is 5.73 Å². The molecule has 66 valence electrons. The number of rotatable bonds is 1. The summed E-state index contributed by atoms with van der Waals surface area (Å²) in [4.78, 5) is 4.82. The third-order valence-electron chi connectivity index (χ3n) is 1.44. The van der Waals surface area contributed by atoms with E-state index in [0.29, 0.717) is 0 Å². The largest absolute Gasteiger partial charge is 0.381 e. The Hall–Kier alpha value is -1.98. The quantitative estimate of drug-likeness (QED) is 0.687. The standard InChI is InChI=1S/C7H6FN5/c8-5-2-1-3-10-7(5)13-11-4-6(9)12-13/h1-4H,(H2,9,12). The summed E-state index contributed by atoms with van der Waals surface area (Å²) in [5, 5.41) is 7.45. The molecule has 0 saturated carbocycles. The molecule has 0 unspecified atom stereocenters. The van der Waals surface area contributed by atoms with Gasteiger partial charge >= 0.3 is 0 Å². The van der Waals surface area contributed by atoms with Crippen molar-refractivity contribution in [2.75, 3.05) is 5.73 Å². The van der Waals surface area contributed by atoms with Crippen LogP contribution in [0.3, 0.4) is 0 Å². The lowest BCUT2D eigenvalue weighted by Crippen LogP contribution is -2.04. The third-order valence-corrected chi connectivity index (χ3v) is 1.44. The molecule has 0 aromatic carbocycles. The van der Waals surface area contributed by atoms with E-state index < -0.39 is 5.82 Å². The van der Waals surface area contributed by atoms with Crippen LogP contribution in [-0.2, 0) is 0 Å². The van der Waals surface area contributed by atoms with Crippen LogP contribution in [0.2, 0.25) is 0 Å². The molecule has 0 radical (unpaired) electrons. The van der Waals surface area contributed by atoms with Gasteiger partial charge in [-0.1, -0.05) is 0 Å². The van der Waals surface area contributed by atoms with Crippen LogP contribution in [-0.4, -0.2) is 20.0 Å². The van der Waals surface area contributed by atoms with E-state index in [0.717, 1.165) is 4.80 Å². The molecule has 0 saturated heterocycles. The van der Waals surface area contributed by atoms with Gasteiger partial charge in [0.2, 0.25) is 5.82 Å². The second kappa shape index (κ2) is 2.81. The maximum absolute atomic E-state index is 13.1. The van der Waals surface area contributed by atoms with Crippen LogP contribution in [0.4, 0.5) is 10.2 Å². The number of hydrogen-bond donors (Lipinski definition) is 1. The number of pyridine rings is 1. The molecule has 6 heteroatoms. The van der Waals surface area contributed by atoms with Crippen LogP contribution in [0.25, 0.3) is 5.82 Å². The third kappa shape index (κ3) is 1.33. The zero-order valence-electron chi connectivity index (χ0n) is 6.55. The van der Waals surface area contributed by atoms with E-state index in [9.17, 15) is 4.39 Å². The second-order valence-electron chi connectivity index (χ2n) is 2.37. The van der Waals surface area contributed by atoms with Crippen LogP contribution >= 0.6 is 0 Å². The molecule has 0 fully saturated rings. The lowest BCUT2D eigenvalue weighted by molar-refractivity contribution is 0.584. The first-order valence-electron chi connectivity index (χ1n) is 3.56. The number of hydrogen-bond acceptors (Lipinski definition) is 4. The molecule has 13 heavy (non-hydrogen) atoms. The van der Waals surface area contributed by atoms with Gasteiger partial charge in [-0.15, -0.1) is 9.90 Å². The first kappa shape index (κ1) is 7.66. The normalized spacial score (nSPS) is 10.2. The van der Waals surface area contributed by atoms with Crippen molar-refractivity contribution in [3.8, 4) is 5.82 Å². The van der Waals surface area contributed by atoms with Gasteiger partial charge in [-0.25, -0.2) is 9.37 Å². The molecule has 0 aliphatic carbocycles. The smallest absolute Gasteiger partial charge is 0.210 e. The number of anilines is 1. The fourth-order valence-corrected chi connectivity index (χ4v) is 0.901. The van der Waals surface area contributed by atoms with Gasteiger partial charge in [-0.3, -0.25) is 0 Å². The van der Waals surface area contributed by atoms with Crippen LogP contribution in [0.15, 0.2) is 24.5 Å². The molecule has 0 atom stereocenters. The summed E-state index contributed by atoms with van der Waals surface area (Å²) < 4.78 is 13.1. The van der Waals surface area contributed by atoms with Crippen molar-refractivity contribution in [1.82, 2.24) is 20.0 Å². The van der Waals surface area contributed by atoms with Gasteiger partial charge in [-0.2, -0.15) is 5.10 Å². The molecule has 2 heterocycles. The molecule has 0 bridgehead atoms. The predicted octanol–water partition coefficient (Wildman–Crippen LogP) is 0.384. The summed E-state index contributed by atoms with van der Waals surface area (Å²) >= 11 is 0. The highest BCUT2D eigenvalue weighted by atomic mass is 19.1. The van der Waals surface area contributed by atoms with Crippen LogP contribution in [0.5, 0.6) is 0 Å². The Balaban J connectivity index is 2.52. The zero-order valence-corrected chi connectivity index (χ0v) is 6.55. The second-order valence-corrected chi connectivity index (χ2v) is 2.37. The molecule has 5 nitrogen and oxygen atoms in total. The van der Waals surface area contributed by atoms with Gasteiger partial charge in [0.25, 0.3) is 0 Å². The predicted molar refractivity (Wildman–Crippen MR) is 43.5 cm³/mol. The van der Waals surface area contributed by atoms with Crippen molar-refractivity contribution in [1.29, 1.82) is 0 Å². The highest BCUT2D eigenvalue weighted by molar-refractivity contribution is 5.26. The molecule has 0 amide bonds. The average molecular weight is 179 g/mol. The molecule has 2 aromatic heterocycles. The SMILES string of the molecule is Nc1cnn(-c2ncccc2F)n1. The number of nitrogen functional groups attached to an aromatic ring is 1. The Morgan fingerprint density at radius 1 is 1.46 bits per heavy atom. The highest BCUT2D eigenvalue weighted by Gasteiger charge is 2.06. The van der Waals surface area contributed by atoms with E-state index in [2.05, 4.69) is 15.2 Å². The summed E-state index contributed by atoms with van der Waals surface area (Å²) in [6.45, 7) is 0. The van der Waals surface area contributed by atoms with Crippen LogP contribution in [0.1, 0.15) is 0 Å². The summed E-state index contributed by atoms with van der Waals surface area (Å²) in [5.74, 6) is -0.220. The minimum atomic E-state index is -0.488. The van der Waals surface area contributed by atoms with Crippen molar-refractivity contribution >= 4 is 5.82 Å². The minimum Gasteiger partial charge on any atom is -0.381 e. The van der Waals surface area contributed by atoms with Gasteiger partial charge < -0.3 is 5.73 Å². The maximum atomic E-state index is 13.1. The molecule has 2 N–H and O–H groups in total. The van der Waals surface area contributed by atoms with E-state index >= 15 is 0 Å². The molecule has 0 spiro atoms. The number of halogens is 1. The Kier molecular flexibility index (Phi) is 1.66. The monoisotopic (exact) mass is 179 g/mol. The topological polar surface area (TPSA) is 69.6 Å². The maximum Gasteiger partial charge on any atom is 0.210 e. The molecule has 2 aromatic rings. The van der Waals surface area contributed by atoms with Gasteiger partial charge in [0, 0.05) is 6.20 Å². The van der Waals surface area contributed by atoms with Crippen molar-refractivity contribution in [3.63, 3.8) is 0 Å². The van der Waals surface area contributed by atoms with Gasteiger partial charge in [-0.05, 0) is 12.1 Å². The first-order chi connectivity index (χ1) is 6.27. The van der Waals surface area contributed by atoms with E-state index in [1.54, 1.807) is 0 Å².